The topological polar surface area (TPSA) is 105 Å². The Bertz CT molecular complexity index is 1350. The van der Waals surface area contributed by atoms with E-state index in [1.165, 1.54) is 18.2 Å². The molecule has 0 fully saturated rings. The van der Waals surface area contributed by atoms with Gasteiger partial charge in [0.25, 0.3) is 0 Å². The van der Waals surface area contributed by atoms with Crippen molar-refractivity contribution in [2.24, 2.45) is 0 Å². The number of nitrogens with zero attached hydrogens (tertiary/aromatic N) is 3. The number of ketones is 1. The Labute approximate surface area is 190 Å². The molecule has 33 heavy (non-hydrogen) atoms. The molecule has 4 aromatic rings. The van der Waals surface area contributed by atoms with Crippen LogP contribution in [0.15, 0.2) is 61.1 Å². The lowest BCUT2D eigenvalue weighted by Crippen LogP contribution is -2.18. The van der Waals surface area contributed by atoms with Crippen molar-refractivity contribution in [2.45, 2.75) is 12.8 Å². The molecule has 7 nitrogen and oxygen atoms in total. The molecule has 168 valence electrons. The molecule has 4 rings (SSSR count). The van der Waals surface area contributed by atoms with E-state index in [1.807, 2.05) is 0 Å². The van der Waals surface area contributed by atoms with Gasteiger partial charge in [0, 0.05) is 30.1 Å². The van der Waals surface area contributed by atoms with Crippen molar-refractivity contribution in [3.05, 3.63) is 89.4 Å². The number of halogens is 2. The molecule has 0 amide bonds. The number of aryl methyl sites for hydroxylation is 1. The molecular weight excluding hydrogens is 450 g/mol. The Morgan fingerprint density at radius 2 is 1.85 bits per heavy atom. The molecule has 0 saturated carbocycles. The van der Waals surface area contributed by atoms with Crippen LogP contribution in [0, 0.1) is 11.6 Å². The van der Waals surface area contributed by atoms with Crippen LogP contribution < -0.4 is 4.72 Å². The van der Waals surface area contributed by atoms with Crippen molar-refractivity contribution in [3.63, 3.8) is 0 Å². The van der Waals surface area contributed by atoms with Crippen molar-refractivity contribution in [3.8, 4) is 11.3 Å². The number of carbonyl (C=O) groups excluding carboxylic acids is 1. The van der Waals surface area contributed by atoms with Gasteiger partial charge in [-0.3, -0.25) is 19.3 Å². The van der Waals surface area contributed by atoms with Crippen LogP contribution in [0.3, 0.4) is 0 Å². The highest BCUT2D eigenvalue weighted by atomic mass is 32.2. The highest BCUT2D eigenvalue weighted by Gasteiger charge is 2.19. The third-order valence-electron chi connectivity index (χ3n) is 4.98. The maximum Gasteiger partial charge on any atom is 0.231 e. The first-order valence-corrected chi connectivity index (χ1v) is 11.1. The van der Waals surface area contributed by atoms with E-state index in [4.69, 9.17) is 4.55 Å². The summed E-state index contributed by atoms with van der Waals surface area (Å²) in [4.78, 5) is 25.9. The van der Waals surface area contributed by atoms with Gasteiger partial charge in [0.1, 0.15) is 0 Å². The average Bonchev–Trinajstić information content (AvgIpc) is 2.83. The zero-order valence-electron chi connectivity index (χ0n) is 17.2. The predicted molar refractivity (Wildman–Crippen MR) is 120 cm³/mol. The molecule has 0 aliphatic rings. The van der Waals surface area contributed by atoms with E-state index in [9.17, 15) is 17.8 Å². The first-order valence-electron chi connectivity index (χ1n) is 9.96. The summed E-state index contributed by atoms with van der Waals surface area (Å²) in [5.41, 5.74) is 2.55. The fourth-order valence-corrected chi connectivity index (χ4v) is 3.70. The Hall–Kier alpha value is -3.47. The van der Waals surface area contributed by atoms with Crippen LogP contribution in [0.4, 0.5) is 8.78 Å². The summed E-state index contributed by atoms with van der Waals surface area (Å²) in [5, 5.41) is 0. The van der Waals surface area contributed by atoms with Gasteiger partial charge < -0.3 is 0 Å². The number of aromatic nitrogens is 3. The highest BCUT2D eigenvalue weighted by Crippen LogP contribution is 2.23. The third kappa shape index (κ3) is 5.30. The summed E-state index contributed by atoms with van der Waals surface area (Å²) in [6.07, 6.45) is 5.56. The van der Waals surface area contributed by atoms with Crippen LogP contribution in [-0.4, -0.2) is 36.0 Å². The first kappa shape index (κ1) is 22.7. The number of nitrogens with one attached hydrogen (secondary N) is 1. The van der Waals surface area contributed by atoms with E-state index in [-0.39, 0.29) is 17.7 Å². The van der Waals surface area contributed by atoms with Gasteiger partial charge >= 0.3 is 0 Å². The van der Waals surface area contributed by atoms with Crippen LogP contribution in [0.2, 0.25) is 0 Å². The normalized spacial score (nSPS) is 12.1. The monoisotopic (exact) mass is 468 g/mol. The number of hydrogen-bond acceptors (Lipinski definition) is 5. The molecule has 1 atom stereocenters. The van der Waals surface area contributed by atoms with E-state index < -0.39 is 28.7 Å². The molecule has 0 spiro atoms. The van der Waals surface area contributed by atoms with Gasteiger partial charge in [-0.15, -0.1) is 0 Å². The average molecular weight is 468 g/mol. The van der Waals surface area contributed by atoms with E-state index in [2.05, 4.69) is 19.7 Å². The van der Waals surface area contributed by atoms with Gasteiger partial charge in [0.05, 0.1) is 28.5 Å². The number of hydrogen-bond donors (Lipinski definition) is 2. The van der Waals surface area contributed by atoms with Gasteiger partial charge in [0.2, 0.25) is 11.3 Å². The molecule has 2 aromatic heterocycles. The fraction of sp³-hybridized carbons (Fsp3) is 0.130. The zero-order valence-corrected chi connectivity index (χ0v) is 18.0. The van der Waals surface area contributed by atoms with Crippen molar-refractivity contribution >= 4 is 28.1 Å². The molecule has 2 heterocycles. The maximum atomic E-state index is 14.5. The number of fused-ring (bicyclic) bond motifs is 1. The molecule has 0 saturated heterocycles. The molecule has 0 radical (unpaired) electrons. The van der Waals surface area contributed by atoms with E-state index >= 15 is 0 Å². The standard InChI is InChI=1S/C23H18F2N4O3S/c24-18-11-14(2-1-7-28-33(31)32)10-17(22(18)25)23(30)16-3-4-19-20(12-16)29-21(13-27-19)15-5-8-26-9-6-15/h3-6,8-13,28H,1-2,7H2,(H,31,32). The van der Waals surface area contributed by atoms with Crippen molar-refractivity contribution < 1.29 is 22.3 Å². The summed E-state index contributed by atoms with van der Waals surface area (Å²) in [5.74, 6) is -3.04. The van der Waals surface area contributed by atoms with Crippen LogP contribution in [0.1, 0.15) is 27.9 Å². The second-order valence-corrected chi connectivity index (χ2v) is 8.00. The highest BCUT2D eigenvalue weighted by molar-refractivity contribution is 7.77. The summed E-state index contributed by atoms with van der Waals surface area (Å²) in [7, 11) is 0. The third-order valence-corrected chi connectivity index (χ3v) is 5.43. The maximum absolute atomic E-state index is 14.5. The Morgan fingerprint density at radius 1 is 1.06 bits per heavy atom. The van der Waals surface area contributed by atoms with E-state index in [1.54, 1.807) is 36.8 Å². The van der Waals surface area contributed by atoms with Gasteiger partial charge in [-0.25, -0.2) is 22.7 Å². The first-order chi connectivity index (χ1) is 15.9. The molecule has 10 heteroatoms. The summed E-state index contributed by atoms with van der Waals surface area (Å²) in [6, 6.07) is 10.5. The van der Waals surface area contributed by atoms with Crippen LogP contribution in [0.5, 0.6) is 0 Å². The molecule has 1 unspecified atom stereocenters. The number of rotatable bonds is 8. The van der Waals surface area contributed by atoms with Gasteiger partial charge in [-0.2, -0.15) is 0 Å². The fourth-order valence-electron chi connectivity index (χ4n) is 3.38. The molecule has 0 aliphatic heterocycles. The molecular formula is C23H18F2N4O3S. The number of benzene rings is 2. The Balaban J connectivity index is 1.64. The molecule has 0 bridgehead atoms. The summed E-state index contributed by atoms with van der Waals surface area (Å²) >= 11 is -2.15. The summed E-state index contributed by atoms with van der Waals surface area (Å²) in [6.45, 7) is 0.203. The van der Waals surface area contributed by atoms with Crippen molar-refractivity contribution in [1.29, 1.82) is 0 Å². The predicted octanol–water partition coefficient (Wildman–Crippen LogP) is 3.86. The minimum Gasteiger partial charge on any atom is -0.294 e. The zero-order chi connectivity index (χ0) is 23.4. The molecule has 2 N–H and O–H groups in total. The molecule has 0 aliphatic carbocycles. The SMILES string of the molecule is O=C(c1ccc2ncc(-c3ccncc3)nc2c1)c1cc(CCCNS(=O)O)cc(F)c1F. The van der Waals surface area contributed by atoms with Crippen LogP contribution in [0.25, 0.3) is 22.3 Å². The lowest BCUT2D eigenvalue weighted by Gasteiger charge is -2.09. The van der Waals surface area contributed by atoms with Crippen LogP contribution in [-0.2, 0) is 17.7 Å². The Morgan fingerprint density at radius 3 is 2.61 bits per heavy atom. The van der Waals surface area contributed by atoms with Gasteiger partial charge in [-0.05, 0) is 60.9 Å². The summed E-state index contributed by atoms with van der Waals surface area (Å²) < 4.78 is 50.4. The minimum atomic E-state index is -2.15. The molecule has 2 aromatic carbocycles. The smallest absolute Gasteiger partial charge is 0.231 e. The lowest BCUT2D eigenvalue weighted by molar-refractivity contribution is 0.103. The van der Waals surface area contributed by atoms with Gasteiger partial charge in [0.15, 0.2) is 17.4 Å². The number of carbonyl (C=O) groups is 1. The largest absolute Gasteiger partial charge is 0.294 e. The van der Waals surface area contributed by atoms with Gasteiger partial charge in [-0.1, -0.05) is 0 Å². The number of pyridine rings is 1. The Kier molecular flexibility index (Phi) is 6.87. The quantitative estimate of drug-likeness (QED) is 0.231. The van der Waals surface area contributed by atoms with Crippen molar-refractivity contribution in [2.75, 3.05) is 6.54 Å². The van der Waals surface area contributed by atoms with Crippen LogP contribution >= 0.6 is 0 Å². The second kappa shape index (κ2) is 9.99. The lowest BCUT2D eigenvalue weighted by atomic mass is 9.98. The van der Waals surface area contributed by atoms with E-state index in [0.29, 0.717) is 35.1 Å². The van der Waals surface area contributed by atoms with Crippen molar-refractivity contribution in [1.82, 2.24) is 19.7 Å². The minimum absolute atomic E-state index is 0.150. The second-order valence-electron chi connectivity index (χ2n) is 7.21. The van der Waals surface area contributed by atoms with E-state index in [0.717, 1.165) is 11.6 Å².